The van der Waals surface area contributed by atoms with Crippen LogP contribution in [-0.2, 0) is 33.4 Å². The van der Waals surface area contributed by atoms with Gasteiger partial charge in [-0.15, -0.1) is 0 Å². The summed E-state index contributed by atoms with van der Waals surface area (Å²) in [6, 6.07) is 0. The Hall–Kier alpha value is -0.710. The maximum Gasteiger partial charge on any atom is 0.307 e. The van der Waals surface area contributed by atoms with Crippen LogP contribution in [0.5, 0.6) is 0 Å². The fourth-order valence-corrected chi connectivity index (χ4v) is 2.40. The van der Waals surface area contributed by atoms with Gasteiger partial charge in [-0.1, -0.05) is 0 Å². The molecule has 0 amide bonds. The van der Waals surface area contributed by atoms with Crippen molar-refractivity contribution in [2.24, 2.45) is 11.3 Å². The molecule has 106 valence electrons. The van der Waals surface area contributed by atoms with Gasteiger partial charge in [-0.25, -0.2) is 0 Å². The molecule has 1 rings (SSSR count). The van der Waals surface area contributed by atoms with E-state index >= 15 is 0 Å². The third kappa shape index (κ3) is 4.52. The molecule has 0 radical (unpaired) electrons. The molecular weight excluding hydrogens is 288 g/mol. The summed E-state index contributed by atoms with van der Waals surface area (Å²) in [5.41, 5.74) is -1.10. The normalized spacial score (nSPS) is 22.7. The molecule has 1 atom stereocenters. The monoisotopic (exact) mass is 302 g/mol. The third-order valence-electron chi connectivity index (χ3n) is 2.61. The number of carboxylic acids is 1. The Morgan fingerprint density at radius 2 is 1.56 bits per heavy atom. The Balaban J connectivity index is 2.71. The van der Waals surface area contributed by atoms with Crippen molar-refractivity contribution in [2.45, 2.75) is 6.42 Å². The van der Waals surface area contributed by atoms with Crippen molar-refractivity contribution in [2.75, 3.05) is 25.7 Å². The highest BCUT2D eigenvalue weighted by Gasteiger charge is 2.60. The van der Waals surface area contributed by atoms with E-state index in [4.69, 9.17) is 5.11 Å². The number of carboxylic acid groups (broad SMARTS) is 1. The molecule has 0 aromatic heterocycles. The predicted molar refractivity (Wildman–Crippen MR) is 59.8 cm³/mol. The molecule has 1 N–H and O–H groups in total. The lowest BCUT2D eigenvalue weighted by molar-refractivity contribution is -0.139. The molecule has 18 heavy (non-hydrogen) atoms. The summed E-state index contributed by atoms with van der Waals surface area (Å²) in [7, 11) is -7.44. The smallest absolute Gasteiger partial charge is 0.307 e. The molecule has 1 unspecified atom stereocenters. The first kappa shape index (κ1) is 15.3. The number of rotatable bonds is 7. The predicted octanol–water partition coefficient (Wildman–Crippen LogP) is -0.970. The third-order valence-corrected chi connectivity index (χ3v) is 3.70. The molecule has 0 saturated heterocycles. The highest BCUT2D eigenvalue weighted by molar-refractivity contribution is 7.86. The average Bonchev–Trinajstić information content (AvgIpc) is 2.85. The van der Waals surface area contributed by atoms with E-state index in [1.54, 1.807) is 0 Å². The number of aliphatic carboxylic acids is 1. The van der Waals surface area contributed by atoms with Crippen molar-refractivity contribution >= 4 is 26.2 Å². The standard InChI is InChI=1S/C8H14O8S2/c1-17(11,12)15-4-8(3-6(8)7(9)10)5-16-18(2,13)14/h6H,3-5H2,1-2H3,(H,9,10). The summed E-state index contributed by atoms with van der Waals surface area (Å²) in [4.78, 5) is 10.8. The van der Waals surface area contributed by atoms with Crippen LogP contribution in [0.4, 0.5) is 0 Å². The van der Waals surface area contributed by atoms with E-state index in [1.165, 1.54) is 0 Å². The molecule has 1 fully saturated rings. The molecule has 0 aliphatic heterocycles. The minimum absolute atomic E-state index is 0.118. The van der Waals surface area contributed by atoms with E-state index in [9.17, 15) is 21.6 Å². The summed E-state index contributed by atoms with van der Waals surface area (Å²) in [5, 5.41) is 8.84. The molecule has 1 saturated carbocycles. The van der Waals surface area contributed by atoms with Crippen molar-refractivity contribution in [3.05, 3.63) is 0 Å². The fourth-order valence-electron chi connectivity index (χ4n) is 1.51. The van der Waals surface area contributed by atoms with E-state index in [2.05, 4.69) is 8.37 Å². The zero-order valence-electron chi connectivity index (χ0n) is 9.82. The van der Waals surface area contributed by atoms with E-state index < -0.39 is 50.8 Å². The van der Waals surface area contributed by atoms with Crippen LogP contribution in [0.25, 0.3) is 0 Å². The first-order valence-electron chi connectivity index (χ1n) is 4.87. The summed E-state index contributed by atoms with van der Waals surface area (Å²) >= 11 is 0. The number of hydrogen-bond donors (Lipinski definition) is 1. The van der Waals surface area contributed by atoms with Crippen molar-refractivity contribution in [3.8, 4) is 0 Å². The minimum atomic E-state index is -3.72. The van der Waals surface area contributed by atoms with Gasteiger partial charge in [0.25, 0.3) is 20.2 Å². The Morgan fingerprint density at radius 1 is 1.17 bits per heavy atom. The van der Waals surface area contributed by atoms with Gasteiger partial charge in [0.2, 0.25) is 0 Å². The van der Waals surface area contributed by atoms with Crippen LogP contribution in [0.3, 0.4) is 0 Å². The van der Waals surface area contributed by atoms with Gasteiger partial charge in [0.1, 0.15) is 0 Å². The number of hydrogen-bond acceptors (Lipinski definition) is 7. The van der Waals surface area contributed by atoms with Crippen LogP contribution in [0.2, 0.25) is 0 Å². The van der Waals surface area contributed by atoms with Gasteiger partial charge in [0, 0.05) is 5.41 Å². The van der Waals surface area contributed by atoms with Crippen LogP contribution in [-0.4, -0.2) is 53.6 Å². The topological polar surface area (TPSA) is 124 Å². The lowest BCUT2D eigenvalue weighted by Crippen LogP contribution is -2.25. The molecule has 8 nitrogen and oxygen atoms in total. The van der Waals surface area contributed by atoms with Gasteiger partial charge in [-0.05, 0) is 6.42 Å². The van der Waals surface area contributed by atoms with Gasteiger partial charge >= 0.3 is 5.97 Å². The Bertz CT molecular complexity index is 495. The van der Waals surface area contributed by atoms with Gasteiger partial charge in [-0.2, -0.15) is 16.8 Å². The van der Waals surface area contributed by atoms with Gasteiger partial charge in [0.05, 0.1) is 31.6 Å². The molecular formula is C8H14O8S2. The van der Waals surface area contributed by atoms with Crippen LogP contribution >= 0.6 is 0 Å². The highest BCUT2D eigenvalue weighted by atomic mass is 32.2. The Labute approximate surface area is 105 Å². The number of carbonyl (C=O) groups is 1. The molecule has 0 heterocycles. The fraction of sp³-hybridized carbons (Fsp3) is 0.875. The van der Waals surface area contributed by atoms with Crippen molar-refractivity contribution in [1.82, 2.24) is 0 Å². The van der Waals surface area contributed by atoms with Crippen molar-refractivity contribution in [1.29, 1.82) is 0 Å². The SMILES string of the molecule is CS(=O)(=O)OCC1(COS(C)(=O)=O)CC1C(=O)O. The molecule has 1 aliphatic carbocycles. The Kier molecular flexibility index (Phi) is 4.06. The molecule has 0 aromatic carbocycles. The van der Waals surface area contributed by atoms with Crippen LogP contribution < -0.4 is 0 Å². The zero-order valence-corrected chi connectivity index (χ0v) is 11.5. The van der Waals surface area contributed by atoms with E-state index in [-0.39, 0.29) is 6.42 Å². The van der Waals surface area contributed by atoms with Crippen molar-refractivity contribution < 1.29 is 35.1 Å². The molecule has 10 heteroatoms. The molecule has 0 spiro atoms. The second-order valence-corrected chi connectivity index (χ2v) is 7.68. The van der Waals surface area contributed by atoms with Gasteiger partial charge in [-0.3, -0.25) is 13.2 Å². The maximum atomic E-state index is 10.9. The molecule has 0 bridgehead atoms. The van der Waals surface area contributed by atoms with E-state index in [0.717, 1.165) is 12.5 Å². The molecule has 1 aliphatic rings. The van der Waals surface area contributed by atoms with Crippen LogP contribution in [0.1, 0.15) is 6.42 Å². The quantitative estimate of drug-likeness (QED) is 0.596. The van der Waals surface area contributed by atoms with E-state index in [1.807, 2.05) is 0 Å². The lowest BCUT2D eigenvalue weighted by atomic mass is 10.1. The van der Waals surface area contributed by atoms with Crippen LogP contribution in [0, 0.1) is 11.3 Å². The highest BCUT2D eigenvalue weighted by Crippen LogP contribution is 2.53. The van der Waals surface area contributed by atoms with Crippen LogP contribution in [0.15, 0.2) is 0 Å². The first-order valence-corrected chi connectivity index (χ1v) is 8.50. The van der Waals surface area contributed by atoms with Crippen molar-refractivity contribution in [3.63, 3.8) is 0 Å². The minimum Gasteiger partial charge on any atom is -0.481 e. The summed E-state index contributed by atoms with van der Waals surface area (Å²) < 4.78 is 52.5. The summed E-state index contributed by atoms with van der Waals surface area (Å²) in [6.07, 6.45) is 1.78. The second kappa shape index (κ2) is 4.76. The van der Waals surface area contributed by atoms with Gasteiger partial charge < -0.3 is 5.11 Å². The Morgan fingerprint density at radius 3 is 1.78 bits per heavy atom. The first-order chi connectivity index (χ1) is 7.95. The largest absolute Gasteiger partial charge is 0.481 e. The summed E-state index contributed by atoms with van der Waals surface area (Å²) in [6.45, 7) is -0.809. The second-order valence-electron chi connectivity index (χ2n) is 4.39. The zero-order chi connectivity index (χ0) is 14.2. The molecule has 0 aromatic rings. The maximum absolute atomic E-state index is 10.9. The van der Waals surface area contributed by atoms with Gasteiger partial charge in [0.15, 0.2) is 0 Å². The average molecular weight is 302 g/mol. The van der Waals surface area contributed by atoms with E-state index in [0.29, 0.717) is 0 Å². The lowest BCUT2D eigenvalue weighted by Gasteiger charge is -2.14. The summed E-state index contributed by atoms with van der Waals surface area (Å²) in [5.74, 6) is -2.00.